The second-order valence-electron chi connectivity index (χ2n) is 15.5. The summed E-state index contributed by atoms with van der Waals surface area (Å²) in [4.78, 5) is 4.75. The zero-order valence-electron chi connectivity index (χ0n) is 32.0. The minimum Gasteiger partial charge on any atom is -0.456 e. The lowest BCUT2D eigenvalue weighted by molar-refractivity contribution is 0.592. The van der Waals surface area contributed by atoms with Gasteiger partial charge in [0.1, 0.15) is 11.2 Å². The summed E-state index contributed by atoms with van der Waals surface area (Å²) in [6, 6.07) is 65.3. The highest BCUT2D eigenvalue weighted by atomic mass is 32.1. The molecule has 0 radical (unpaired) electrons. The summed E-state index contributed by atoms with van der Waals surface area (Å²) in [6.07, 6.45) is 1.87. The van der Waals surface area contributed by atoms with Gasteiger partial charge >= 0.3 is 0 Å². The van der Waals surface area contributed by atoms with Gasteiger partial charge in [-0.25, -0.2) is 0 Å². The third kappa shape index (κ3) is 4.74. The molecule has 5 nitrogen and oxygen atoms in total. The number of pyridine rings is 1. The number of furan rings is 1. The zero-order chi connectivity index (χ0) is 39.5. The minimum absolute atomic E-state index is 0.797. The molecule has 0 bridgehead atoms. The van der Waals surface area contributed by atoms with E-state index in [1.165, 1.54) is 9.40 Å². The van der Waals surface area contributed by atoms with Crippen molar-refractivity contribution in [3.8, 4) is 11.4 Å². The molecule has 1 atom stereocenters. The number of aromatic nitrogens is 3. The van der Waals surface area contributed by atoms with Gasteiger partial charge in [-0.1, -0.05) is 84.9 Å². The van der Waals surface area contributed by atoms with Gasteiger partial charge in [-0.15, -0.1) is 11.3 Å². The summed E-state index contributed by atoms with van der Waals surface area (Å²) in [5.41, 5.74) is 9.18. The van der Waals surface area contributed by atoms with Crippen molar-refractivity contribution >= 4 is 120 Å². The van der Waals surface area contributed by atoms with Crippen LogP contribution in [0.4, 0.5) is 0 Å². The van der Waals surface area contributed by atoms with Crippen LogP contribution in [0.25, 0.3) is 97.2 Å². The molecule has 0 N–H and O–H groups in total. The summed E-state index contributed by atoms with van der Waals surface area (Å²) >= 11 is 1.77. The SMILES string of the molecule is O=P(c1ccccc1)(c1ccc2c(c1)c1ccccc1n2-c1ccc2oc3ccccc3c2c1)c1ccc2c(c1)c1ccccc1n2-c1ccc2sc3cccnc3c2c1. The molecular weight excluding hydrogens is 774 g/mol. The van der Waals surface area contributed by atoms with Crippen LogP contribution in [0.5, 0.6) is 0 Å². The first-order chi connectivity index (χ1) is 29.6. The molecule has 5 aromatic heterocycles. The van der Waals surface area contributed by atoms with E-state index in [9.17, 15) is 0 Å². The fraction of sp³-hybridized carbons (Fsp3) is 0. The third-order valence-electron chi connectivity index (χ3n) is 12.2. The summed E-state index contributed by atoms with van der Waals surface area (Å²) < 4.78 is 29.6. The van der Waals surface area contributed by atoms with Crippen LogP contribution in [0.15, 0.2) is 199 Å². The maximum Gasteiger partial charge on any atom is 0.171 e. The lowest BCUT2D eigenvalue weighted by Crippen LogP contribution is -2.25. The van der Waals surface area contributed by atoms with Gasteiger partial charge in [0.25, 0.3) is 0 Å². The molecular formula is C53H32N3O2PS. The van der Waals surface area contributed by atoms with E-state index in [1.807, 2.05) is 54.7 Å². The molecule has 0 saturated heterocycles. The van der Waals surface area contributed by atoms with Crippen LogP contribution in [0.3, 0.4) is 0 Å². The quantitative estimate of drug-likeness (QED) is 0.163. The third-order valence-corrected chi connectivity index (χ3v) is 16.4. The number of rotatable bonds is 5. The Morgan fingerprint density at radius 1 is 0.417 bits per heavy atom. The molecule has 7 heteroatoms. The predicted octanol–water partition coefficient (Wildman–Crippen LogP) is 13.2. The fourth-order valence-corrected chi connectivity index (χ4v) is 13.3. The number of nitrogens with zero attached hydrogens (tertiary/aromatic N) is 3. The molecule has 282 valence electrons. The lowest BCUT2D eigenvalue weighted by atomic mass is 10.1. The Morgan fingerprint density at radius 3 is 1.68 bits per heavy atom. The van der Waals surface area contributed by atoms with Crippen LogP contribution < -0.4 is 15.9 Å². The molecule has 0 spiro atoms. The number of hydrogen-bond acceptors (Lipinski definition) is 4. The molecule has 1 unspecified atom stereocenters. The van der Waals surface area contributed by atoms with Crippen LogP contribution in [-0.4, -0.2) is 14.1 Å². The molecule has 13 rings (SSSR count). The van der Waals surface area contributed by atoms with Crippen molar-refractivity contribution in [2.24, 2.45) is 0 Å². The first kappa shape index (κ1) is 33.7. The monoisotopic (exact) mass is 805 g/mol. The average molecular weight is 806 g/mol. The lowest BCUT2D eigenvalue weighted by Gasteiger charge is -2.21. The predicted molar refractivity (Wildman–Crippen MR) is 252 cm³/mol. The number of thiophene rings is 1. The summed E-state index contributed by atoms with van der Waals surface area (Å²) in [5, 5.41) is 10.1. The van der Waals surface area contributed by atoms with E-state index in [0.717, 1.165) is 104 Å². The van der Waals surface area contributed by atoms with Crippen LogP contribution >= 0.6 is 18.5 Å². The van der Waals surface area contributed by atoms with Crippen molar-refractivity contribution in [3.05, 3.63) is 194 Å². The molecule has 5 heterocycles. The van der Waals surface area contributed by atoms with Gasteiger partial charge in [-0.3, -0.25) is 4.98 Å². The van der Waals surface area contributed by atoms with Crippen molar-refractivity contribution in [2.45, 2.75) is 0 Å². The van der Waals surface area contributed by atoms with Crippen molar-refractivity contribution in [1.82, 2.24) is 14.1 Å². The minimum atomic E-state index is -3.41. The van der Waals surface area contributed by atoms with E-state index in [1.54, 1.807) is 11.3 Å². The second kappa shape index (κ2) is 12.6. The molecule has 60 heavy (non-hydrogen) atoms. The van der Waals surface area contributed by atoms with Gasteiger partial charge in [0.15, 0.2) is 7.14 Å². The smallest absolute Gasteiger partial charge is 0.171 e. The van der Waals surface area contributed by atoms with E-state index in [0.29, 0.717) is 0 Å². The van der Waals surface area contributed by atoms with Gasteiger partial charge in [0, 0.05) is 75.9 Å². The number of benzene rings is 8. The largest absolute Gasteiger partial charge is 0.456 e. The summed E-state index contributed by atoms with van der Waals surface area (Å²) in [5.74, 6) is 0. The summed E-state index contributed by atoms with van der Waals surface area (Å²) in [7, 11) is -3.41. The highest BCUT2D eigenvalue weighted by molar-refractivity contribution is 7.85. The maximum atomic E-state index is 16.4. The highest BCUT2D eigenvalue weighted by Gasteiger charge is 2.32. The van der Waals surface area contributed by atoms with E-state index in [2.05, 4.69) is 149 Å². The standard InChI is InChI=1S/C53H32N3O2PS/c57-59(35-11-2-1-3-12-35,36-22-24-47-41(31-36)38-13-4-7-16-45(38)55(47)33-20-26-50-43(29-33)40-15-6-9-18-49(40)58-50)37-23-25-48-42(32-37)39-14-5-8-17-46(39)56(48)34-21-27-51-44(30-34)53-52(60-51)19-10-28-54-53/h1-32H. The van der Waals surface area contributed by atoms with Crippen LogP contribution in [0.1, 0.15) is 0 Å². The molecule has 0 aliphatic heterocycles. The molecule has 13 aromatic rings. The molecule has 8 aromatic carbocycles. The number of hydrogen-bond donors (Lipinski definition) is 0. The van der Waals surface area contributed by atoms with Crippen LogP contribution in [0.2, 0.25) is 0 Å². The van der Waals surface area contributed by atoms with Gasteiger partial charge < -0.3 is 18.1 Å². The van der Waals surface area contributed by atoms with Crippen LogP contribution in [0, 0.1) is 0 Å². The first-order valence-electron chi connectivity index (χ1n) is 20.0. The molecule has 0 amide bonds. The first-order valence-corrected chi connectivity index (χ1v) is 22.6. The van der Waals surface area contributed by atoms with Crippen molar-refractivity contribution < 1.29 is 8.98 Å². The summed E-state index contributed by atoms with van der Waals surface area (Å²) in [6.45, 7) is 0. The second-order valence-corrected chi connectivity index (χ2v) is 19.3. The van der Waals surface area contributed by atoms with E-state index < -0.39 is 7.14 Å². The highest BCUT2D eigenvalue weighted by Crippen LogP contribution is 2.46. The molecule has 0 aliphatic rings. The van der Waals surface area contributed by atoms with Crippen molar-refractivity contribution in [1.29, 1.82) is 0 Å². The Kier molecular flexibility index (Phi) is 7.09. The average Bonchev–Trinajstić information content (AvgIpc) is 4.06. The number of fused-ring (bicyclic) bond motifs is 12. The van der Waals surface area contributed by atoms with Gasteiger partial charge in [-0.2, -0.15) is 0 Å². The Labute approximate surface area is 347 Å². The maximum absolute atomic E-state index is 16.4. The molecule has 0 saturated carbocycles. The topological polar surface area (TPSA) is 53.0 Å². The van der Waals surface area contributed by atoms with Crippen molar-refractivity contribution in [3.63, 3.8) is 0 Å². The Bertz CT molecular complexity index is 3710. The molecule has 0 fully saturated rings. The van der Waals surface area contributed by atoms with E-state index in [4.69, 9.17) is 9.40 Å². The fourth-order valence-electron chi connectivity index (χ4n) is 9.53. The Balaban J connectivity index is 1.02. The molecule has 0 aliphatic carbocycles. The zero-order valence-corrected chi connectivity index (χ0v) is 33.7. The van der Waals surface area contributed by atoms with Crippen LogP contribution in [-0.2, 0) is 4.57 Å². The van der Waals surface area contributed by atoms with Crippen molar-refractivity contribution in [2.75, 3.05) is 0 Å². The number of para-hydroxylation sites is 3. The Hall–Kier alpha value is -7.24. The Morgan fingerprint density at radius 2 is 0.983 bits per heavy atom. The van der Waals surface area contributed by atoms with Gasteiger partial charge in [-0.05, 0) is 103 Å². The van der Waals surface area contributed by atoms with Gasteiger partial charge in [0.05, 0.1) is 32.3 Å². The normalized spacial score (nSPS) is 13.2. The van der Waals surface area contributed by atoms with Gasteiger partial charge in [0.2, 0.25) is 0 Å². The van der Waals surface area contributed by atoms with E-state index >= 15 is 4.57 Å². The van der Waals surface area contributed by atoms with E-state index in [-0.39, 0.29) is 0 Å².